The number of amides is 3. The van der Waals surface area contributed by atoms with Gasteiger partial charge in [-0.3, -0.25) is 4.79 Å². The predicted octanol–water partition coefficient (Wildman–Crippen LogP) is 4.37. The monoisotopic (exact) mass is 398 g/mol. The number of piperidine rings is 1. The Balaban J connectivity index is 1.51. The van der Waals surface area contributed by atoms with Crippen LogP contribution >= 0.6 is 0 Å². The van der Waals surface area contributed by atoms with Crippen molar-refractivity contribution in [1.82, 2.24) is 10.2 Å². The van der Waals surface area contributed by atoms with Gasteiger partial charge < -0.3 is 20.4 Å². The molecule has 158 valence electrons. The normalized spacial score (nSPS) is 20.6. The number of nitrogens with zero attached hydrogens (tertiary/aromatic N) is 2. The molecule has 1 aromatic rings. The van der Waals surface area contributed by atoms with Gasteiger partial charge in [0.2, 0.25) is 0 Å². The van der Waals surface area contributed by atoms with E-state index in [1.165, 1.54) is 38.5 Å². The van der Waals surface area contributed by atoms with E-state index in [0.717, 1.165) is 63.1 Å². The number of rotatable bonds is 4. The molecule has 6 heteroatoms. The van der Waals surface area contributed by atoms with Crippen molar-refractivity contribution in [3.63, 3.8) is 0 Å². The fourth-order valence-electron chi connectivity index (χ4n) is 4.89. The molecule has 29 heavy (non-hydrogen) atoms. The third kappa shape index (κ3) is 5.03. The maximum atomic E-state index is 13.2. The highest BCUT2D eigenvalue weighted by molar-refractivity contribution is 6.02. The van der Waals surface area contributed by atoms with E-state index in [1.54, 1.807) is 0 Å². The highest BCUT2D eigenvalue weighted by atomic mass is 16.2. The third-order valence-corrected chi connectivity index (χ3v) is 6.52. The molecular weight excluding hydrogens is 364 g/mol. The fourth-order valence-corrected chi connectivity index (χ4v) is 4.89. The topological polar surface area (TPSA) is 64.7 Å². The highest BCUT2D eigenvalue weighted by Crippen LogP contribution is 2.29. The van der Waals surface area contributed by atoms with E-state index in [9.17, 15) is 9.59 Å². The summed E-state index contributed by atoms with van der Waals surface area (Å²) in [7, 11) is 0. The average Bonchev–Trinajstić information content (AvgIpc) is 3.29. The van der Waals surface area contributed by atoms with E-state index in [-0.39, 0.29) is 18.0 Å². The molecule has 1 aliphatic carbocycles. The van der Waals surface area contributed by atoms with Gasteiger partial charge in [0.05, 0.1) is 5.56 Å². The fraction of sp³-hybridized carbons (Fsp3) is 0.652. The minimum Gasteiger partial charge on any atom is -0.371 e. The number of carbonyl (C=O) groups excluding carboxylic acids is 2. The molecule has 6 nitrogen and oxygen atoms in total. The zero-order valence-electron chi connectivity index (χ0n) is 17.4. The summed E-state index contributed by atoms with van der Waals surface area (Å²) >= 11 is 0. The molecule has 0 aromatic heterocycles. The van der Waals surface area contributed by atoms with Crippen molar-refractivity contribution in [1.29, 1.82) is 0 Å². The van der Waals surface area contributed by atoms with Crippen molar-refractivity contribution in [2.45, 2.75) is 70.3 Å². The molecule has 2 N–H and O–H groups in total. The first-order valence-corrected chi connectivity index (χ1v) is 11.5. The van der Waals surface area contributed by atoms with Crippen molar-refractivity contribution in [2.24, 2.45) is 0 Å². The molecular formula is C23H34N4O2. The van der Waals surface area contributed by atoms with Crippen LogP contribution in [0.5, 0.6) is 0 Å². The quantitative estimate of drug-likeness (QED) is 0.792. The number of hydrogen-bond acceptors (Lipinski definition) is 3. The van der Waals surface area contributed by atoms with Crippen LogP contribution in [0.4, 0.5) is 16.2 Å². The summed E-state index contributed by atoms with van der Waals surface area (Å²) in [5.74, 6) is 0.0967. The standard InChI is InChI=1S/C23H34N4O2/c28-22(27-15-7-8-16-27)20-17-19(11-12-21(20)26-13-5-2-6-14-26)25-23(29)24-18-9-3-1-4-10-18/h11-12,17-18H,1-10,13-16H2,(H2,24,25,29). The van der Waals surface area contributed by atoms with Crippen LogP contribution in [0.2, 0.25) is 0 Å². The lowest BCUT2D eigenvalue weighted by atomic mass is 9.96. The number of anilines is 2. The second-order valence-electron chi connectivity index (χ2n) is 8.71. The van der Waals surface area contributed by atoms with Gasteiger partial charge in [0.25, 0.3) is 5.91 Å². The summed E-state index contributed by atoms with van der Waals surface area (Å²) in [6.07, 6.45) is 11.5. The maximum Gasteiger partial charge on any atom is 0.319 e. The number of hydrogen-bond donors (Lipinski definition) is 2. The van der Waals surface area contributed by atoms with Crippen LogP contribution in [0.3, 0.4) is 0 Å². The smallest absolute Gasteiger partial charge is 0.319 e. The third-order valence-electron chi connectivity index (χ3n) is 6.52. The maximum absolute atomic E-state index is 13.2. The molecule has 3 amide bonds. The molecule has 0 bridgehead atoms. The van der Waals surface area contributed by atoms with Crippen LogP contribution in [0.15, 0.2) is 18.2 Å². The van der Waals surface area contributed by atoms with Crippen LogP contribution in [0, 0.1) is 0 Å². The lowest BCUT2D eigenvalue weighted by molar-refractivity contribution is 0.0793. The Morgan fingerprint density at radius 1 is 0.828 bits per heavy atom. The lowest BCUT2D eigenvalue weighted by Gasteiger charge is -2.31. The first-order valence-electron chi connectivity index (χ1n) is 11.5. The lowest BCUT2D eigenvalue weighted by Crippen LogP contribution is -2.39. The summed E-state index contributed by atoms with van der Waals surface area (Å²) < 4.78 is 0. The van der Waals surface area contributed by atoms with E-state index in [4.69, 9.17) is 0 Å². The number of likely N-dealkylation sites (tertiary alicyclic amines) is 1. The van der Waals surface area contributed by atoms with Crippen molar-refractivity contribution < 1.29 is 9.59 Å². The first kappa shape index (κ1) is 20.0. The molecule has 4 rings (SSSR count). The number of benzene rings is 1. The van der Waals surface area contributed by atoms with Gasteiger partial charge in [-0.1, -0.05) is 19.3 Å². The number of urea groups is 1. The number of carbonyl (C=O) groups is 2. The second kappa shape index (κ2) is 9.51. The van der Waals surface area contributed by atoms with Crippen LogP contribution in [0.25, 0.3) is 0 Å². The van der Waals surface area contributed by atoms with Gasteiger partial charge in [0.1, 0.15) is 0 Å². The van der Waals surface area contributed by atoms with Crippen molar-refractivity contribution >= 4 is 23.3 Å². The van der Waals surface area contributed by atoms with Crippen LogP contribution in [-0.2, 0) is 0 Å². The van der Waals surface area contributed by atoms with Crippen LogP contribution < -0.4 is 15.5 Å². The van der Waals surface area contributed by atoms with E-state index in [1.807, 2.05) is 23.1 Å². The molecule has 0 radical (unpaired) electrons. The van der Waals surface area contributed by atoms with E-state index in [0.29, 0.717) is 5.69 Å². The zero-order valence-corrected chi connectivity index (χ0v) is 17.4. The summed E-state index contributed by atoms with van der Waals surface area (Å²) in [6, 6.07) is 5.94. The Kier molecular flexibility index (Phi) is 6.57. The minimum atomic E-state index is -0.165. The molecule has 2 aliphatic heterocycles. The van der Waals surface area contributed by atoms with Crippen molar-refractivity contribution in [3.8, 4) is 0 Å². The molecule has 1 saturated carbocycles. The summed E-state index contributed by atoms with van der Waals surface area (Å²) in [5.41, 5.74) is 2.44. The highest BCUT2D eigenvalue weighted by Gasteiger charge is 2.25. The molecule has 2 saturated heterocycles. The molecule has 1 aromatic carbocycles. The van der Waals surface area contributed by atoms with E-state index in [2.05, 4.69) is 15.5 Å². The van der Waals surface area contributed by atoms with Crippen LogP contribution in [0.1, 0.15) is 74.6 Å². The molecule has 0 atom stereocenters. The van der Waals surface area contributed by atoms with Gasteiger partial charge in [-0.15, -0.1) is 0 Å². The largest absolute Gasteiger partial charge is 0.371 e. The number of nitrogens with one attached hydrogen (secondary N) is 2. The van der Waals surface area contributed by atoms with Gasteiger partial charge in [-0.2, -0.15) is 0 Å². The van der Waals surface area contributed by atoms with Crippen LogP contribution in [-0.4, -0.2) is 49.1 Å². The average molecular weight is 399 g/mol. The minimum absolute atomic E-state index is 0.0967. The Hall–Kier alpha value is -2.24. The van der Waals surface area contributed by atoms with E-state index >= 15 is 0 Å². The molecule has 3 aliphatic rings. The van der Waals surface area contributed by atoms with Gasteiger partial charge in [-0.25, -0.2) is 4.79 Å². The molecule has 0 spiro atoms. The SMILES string of the molecule is O=C(Nc1ccc(N2CCCCC2)c(C(=O)N2CCCC2)c1)NC1CCCCC1. The Labute approximate surface area is 174 Å². The Morgan fingerprint density at radius 3 is 2.21 bits per heavy atom. The second-order valence-corrected chi connectivity index (χ2v) is 8.71. The van der Waals surface area contributed by atoms with Gasteiger partial charge in [0, 0.05) is 43.6 Å². The van der Waals surface area contributed by atoms with Crippen molar-refractivity contribution in [3.05, 3.63) is 23.8 Å². The van der Waals surface area contributed by atoms with Gasteiger partial charge >= 0.3 is 6.03 Å². The Bertz CT molecular complexity index is 718. The molecule has 2 heterocycles. The van der Waals surface area contributed by atoms with Gasteiger partial charge in [0.15, 0.2) is 0 Å². The predicted molar refractivity (Wildman–Crippen MR) is 117 cm³/mol. The van der Waals surface area contributed by atoms with Gasteiger partial charge in [-0.05, 0) is 63.1 Å². The molecule has 3 fully saturated rings. The Morgan fingerprint density at radius 2 is 1.48 bits per heavy atom. The van der Waals surface area contributed by atoms with Crippen molar-refractivity contribution in [2.75, 3.05) is 36.4 Å². The summed E-state index contributed by atoms with van der Waals surface area (Å²) in [4.78, 5) is 30.0. The zero-order chi connectivity index (χ0) is 20.1. The molecule has 0 unspecified atom stereocenters. The van der Waals surface area contributed by atoms with E-state index < -0.39 is 0 Å². The summed E-state index contributed by atoms with van der Waals surface area (Å²) in [5, 5.41) is 6.06. The summed E-state index contributed by atoms with van der Waals surface area (Å²) in [6.45, 7) is 3.65. The first-order chi connectivity index (χ1) is 14.2.